The number of benzene rings is 1. The zero-order chi connectivity index (χ0) is 14.4. The van der Waals surface area contributed by atoms with Gasteiger partial charge >= 0.3 is 0 Å². The number of rotatable bonds is 7. The molecule has 1 heteroatoms. The molecule has 106 valence electrons. The van der Waals surface area contributed by atoms with E-state index in [1.807, 2.05) is 6.08 Å². The summed E-state index contributed by atoms with van der Waals surface area (Å²) in [5.74, 6) is 2.60. The minimum atomic E-state index is 0.484. The van der Waals surface area contributed by atoms with Crippen LogP contribution in [-0.2, 0) is 0 Å². The Bertz CT molecular complexity index is 404. The van der Waals surface area contributed by atoms with Gasteiger partial charge in [0.05, 0.1) is 6.61 Å². The minimum Gasteiger partial charge on any atom is -0.493 e. The minimum absolute atomic E-state index is 0.484. The van der Waals surface area contributed by atoms with Crippen LogP contribution in [0.3, 0.4) is 0 Å². The summed E-state index contributed by atoms with van der Waals surface area (Å²) in [5, 5.41) is 0. The summed E-state index contributed by atoms with van der Waals surface area (Å²) >= 11 is 0. The highest BCUT2D eigenvalue weighted by atomic mass is 16.5. The van der Waals surface area contributed by atoms with Crippen molar-refractivity contribution in [3.05, 3.63) is 42.0 Å². The predicted octanol–water partition coefficient (Wildman–Crippen LogP) is 5.52. The topological polar surface area (TPSA) is 9.23 Å². The first-order valence-corrected chi connectivity index (χ1v) is 7.33. The van der Waals surface area contributed by atoms with Gasteiger partial charge in [0.15, 0.2) is 0 Å². The van der Waals surface area contributed by atoms with Gasteiger partial charge in [0, 0.05) is 0 Å². The highest BCUT2D eigenvalue weighted by Crippen LogP contribution is 2.31. The summed E-state index contributed by atoms with van der Waals surface area (Å²) in [5.41, 5.74) is 2.69. The van der Waals surface area contributed by atoms with Crippen LogP contribution in [0, 0.1) is 5.92 Å². The molecule has 0 radical (unpaired) electrons. The van der Waals surface area contributed by atoms with E-state index in [0.717, 1.165) is 18.8 Å². The third-order valence-corrected chi connectivity index (χ3v) is 3.32. The van der Waals surface area contributed by atoms with Gasteiger partial charge in [-0.15, -0.1) is 6.58 Å². The molecule has 1 aromatic carbocycles. The van der Waals surface area contributed by atoms with Crippen LogP contribution in [0.2, 0.25) is 0 Å². The molecule has 1 aromatic rings. The van der Waals surface area contributed by atoms with E-state index >= 15 is 0 Å². The maximum absolute atomic E-state index is 5.93. The van der Waals surface area contributed by atoms with Gasteiger partial charge in [-0.3, -0.25) is 0 Å². The Morgan fingerprint density at radius 2 is 1.84 bits per heavy atom. The lowest BCUT2D eigenvalue weighted by Crippen LogP contribution is -2.07. The number of ether oxygens (including phenoxy) is 1. The Morgan fingerprint density at radius 1 is 1.16 bits per heavy atom. The van der Waals surface area contributed by atoms with Gasteiger partial charge in [0.2, 0.25) is 0 Å². The summed E-state index contributed by atoms with van der Waals surface area (Å²) in [6.45, 7) is 15.6. The van der Waals surface area contributed by atoms with Crippen LogP contribution in [0.1, 0.15) is 64.0 Å². The number of hydrogen-bond acceptors (Lipinski definition) is 1. The Kier molecular flexibility index (Phi) is 6.14. The molecule has 0 spiro atoms. The van der Waals surface area contributed by atoms with Crippen molar-refractivity contribution in [2.75, 3.05) is 6.61 Å². The van der Waals surface area contributed by atoms with Crippen molar-refractivity contribution in [3.63, 3.8) is 0 Å². The molecule has 1 unspecified atom stereocenters. The fraction of sp³-hybridized carbons (Fsp3) is 0.556. The molecule has 0 aromatic heterocycles. The summed E-state index contributed by atoms with van der Waals surface area (Å²) < 4.78 is 5.93. The summed E-state index contributed by atoms with van der Waals surface area (Å²) in [7, 11) is 0. The van der Waals surface area contributed by atoms with Gasteiger partial charge in [0.1, 0.15) is 5.75 Å². The Hall–Kier alpha value is -1.24. The second kappa shape index (κ2) is 7.37. The molecule has 0 saturated carbocycles. The molecule has 0 amide bonds. The van der Waals surface area contributed by atoms with E-state index in [0.29, 0.717) is 17.8 Å². The van der Waals surface area contributed by atoms with Crippen molar-refractivity contribution in [2.24, 2.45) is 5.92 Å². The van der Waals surface area contributed by atoms with E-state index < -0.39 is 0 Å². The van der Waals surface area contributed by atoms with Crippen LogP contribution in [0.4, 0.5) is 0 Å². The molecule has 0 aliphatic carbocycles. The highest BCUT2D eigenvalue weighted by molar-refractivity contribution is 5.40. The number of hydrogen-bond donors (Lipinski definition) is 0. The second-order valence-corrected chi connectivity index (χ2v) is 6.08. The standard InChI is InChI=1S/C18H28O/c1-7-8-15(6)16-9-10-18(19-12-13(2)3)17(11-16)14(4)5/h7,9-11,13-15H,1,8,12H2,2-6H3. The van der Waals surface area contributed by atoms with E-state index in [4.69, 9.17) is 4.74 Å². The van der Waals surface area contributed by atoms with Gasteiger partial charge in [-0.25, -0.2) is 0 Å². The van der Waals surface area contributed by atoms with Gasteiger partial charge < -0.3 is 4.74 Å². The Morgan fingerprint density at radius 3 is 2.37 bits per heavy atom. The fourth-order valence-corrected chi connectivity index (χ4v) is 2.10. The molecule has 0 bridgehead atoms. The lowest BCUT2D eigenvalue weighted by atomic mass is 9.92. The molecule has 1 atom stereocenters. The SMILES string of the molecule is C=CCC(C)c1ccc(OCC(C)C)c(C(C)C)c1. The zero-order valence-corrected chi connectivity index (χ0v) is 13.1. The van der Waals surface area contributed by atoms with E-state index in [9.17, 15) is 0 Å². The average Bonchev–Trinajstić information content (AvgIpc) is 2.36. The van der Waals surface area contributed by atoms with Crippen molar-refractivity contribution >= 4 is 0 Å². The van der Waals surface area contributed by atoms with Crippen LogP contribution < -0.4 is 4.74 Å². The second-order valence-electron chi connectivity index (χ2n) is 6.08. The summed E-state index contributed by atoms with van der Waals surface area (Å²) in [6, 6.07) is 6.62. The van der Waals surface area contributed by atoms with Crippen LogP contribution in [0.15, 0.2) is 30.9 Å². The first kappa shape index (κ1) is 15.8. The van der Waals surface area contributed by atoms with Crippen molar-refractivity contribution in [3.8, 4) is 5.75 Å². The quantitative estimate of drug-likeness (QED) is 0.586. The molecular weight excluding hydrogens is 232 g/mol. The van der Waals surface area contributed by atoms with Crippen LogP contribution in [-0.4, -0.2) is 6.61 Å². The van der Waals surface area contributed by atoms with Crippen LogP contribution in [0.5, 0.6) is 5.75 Å². The third-order valence-electron chi connectivity index (χ3n) is 3.32. The zero-order valence-electron chi connectivity index (χ0n) is 13.1. The Labute approximate surface area is 118 Å². The lowest BCUT2D eigenvalue weighted by molar-refractivity contribution is 0.267. The molecule has 0 saturated heterocycles. The molecule has 0 aliphatic heterocycles. The van der Waals surface area contributed by atoms with E-state index in [-0.39, 0.29) is 0 Å². The average molecular weight is 260 g/mol. The fourth-order valence-electron chi connectivity index (χ4n) is 2.10. The number of allylic oxidation sites excluding steroid dienone is 1. The van der Waals surface area contributed by atoms with Crippen molar-refractivity contribution in [1.82, 2.24) is 0 Å². The van der Waals surface area contributed by atoms with E-state index in [1.54, 1.807) is 0 Å². The maximum Gasteiger partial charge on any atom is 0.122 e. The van der Waals surface area contributed by atoms with Gasteiger partial charge in [0.25, 0.3) is 0 Å². The third kappa shape index (κ3) is 4.74. The van der Waals surface area contributed by atoms with Gasteiger partial charge in [-0.05, 0) is 41.4 Å². The first-order chi connectivity index (χ1) is 8.95. The van der Waals surface area contributed by atoms with Gasteiger partial charge in [-0.1, -0.05) is 52.8 Å². The molecule has 19 heavy (non-hydrogen) atoms. The molecule has 0 fully saturated rings. The molecule has 0 aliphatic rings. The maximum atomic E-state index is 5.93. The van der Waals surface area contributed by atoms with Crippen molar-refractivity contribution in [2.45, 2.75) is 52.9 Å². The van der Waals surface area contributed by atoms with E-state index in [2.05, 4.69) is 59.4 Å². The highest BCUT2D eigenvalue weighted by Gasteiger charge is 2.12. The molecule has 0 N–H and O–H groups in total. The van der Waals surface area contributed by atoms with Crippen LogP contribution in [0.25, 0.3) is 0 Å². The van der Waals surface area contributed by atoms with Crippen molar-refractivity contribution < 1.29 is 4.74 Å². The predicted molar refractivity (Wildman–Crippen MR) is 84.1 cm³/mol. The van der Waals surface area contributed by atoms with E-state index in [1.165, 1.54) is 11.1 Å². The summed E-state index contributed by atoms with van der Waals surface area (Å²) in [6.07, 6.45) is 3.01. The normalized spacial score (nSPS) is 12.8. The van der Waals surface area contributed by atoms with Crippen molar-refractivity contribution in [1.29, 1.82) is 0 Å². The molecule has 1 rings (SSSR count). The Balaban J connectivity index is 2.97. The smallest absolute Gasteiger partial charge is 0.122 e. The molecule has 1 nitrogen and oxygen atoms in total. The van der Waals surface area contributed by atoms with Gasteiger partial charge in [-0.2, -0.15) is 0 Å². The summed E-state index contributed by atoms with van der Waals surface area (Å²) in [4.78, 5) is 0. The monoisotopic (exact) mass is 260 g/mol. The largest absolute Gasteiger partial charge is 0.493 e. The molecule has 0 heterocycles. The first-order valence-electron chi connectivity index (χ1n) is 7.33. The molecular formula is C18H28O. The lowest BCUT2D eigenvalue weighted by Gasteiger charge is -2.18. The van der Waals surface area contributed by atoms with Crippen LogP contribution >= 0.6 is 0 Å².